The second-order valence-electron chi connectivity index (χ2n) is 6.93. The number of carbonyl (C=O) groups excluding carboxylic acids is 3. The van der Waals surface area contributed by atoms with E-state index in [-0.39, 0.29) is 17.7 Å². The van der Waals surface area contributed by atoms with E-state index in [1.807, 2.05) is 6.92 Å². The number of hydrogen-bond donors (Lipinski definition) is 2. The predicted octanol–water partition coefficient (Wildman–Crippen LogP) is 3.85. The van der Waals surface area contributed by atoms with Gasteiger partial charge >= 0.3 is 12.0 Å². The molecule has 2 N–H and O–H groups in total. The molecule has 3 amide bonds. The lowest BCUT2D eigenvalue weighted by Crippen LogP contribution is -2.48. The van der Waals surface area contributed by atoms with Crippen molar-refractivity contribution in [2.45, 2.75) is 32.7 Å². The van der Waals surface area contributed by atoms with Crippen molar-refractivity contribution in [3.05, 3.63) is 65.3 Å². The molecule has 0 saturated carbocycles. The minimum absolute atomic E-state index is 0.206. The smallest absolute Gasteiger partial charge is 0.337 e. The van der Waals surface area contributed by atoms with Crippen LogP contribution in [0.4, 0.5) is 10.5 Å². The van der Waals surface area contributed by atoms with Gasteiger partial charge in [-0.3, -0.25) is 9.69 Å². The van der Waals surface area contributed by atoms with Crippen LogP contribution in [-0.2, 0) is 9.53 Å². The van der Waals surface area contributed by atoms with E-state index in [0.29, 0.717) is 29.1 Å². The van der Waals surface area contributed by atoms with Crippen molar-refractivity contribution in [2.75, 3.05) is 19.0 Å². The molecule has 1 aliphatic rings. The molecule has 0 unspecified atom stereocenters. The number of nitrogens with one attached hydrogen (secondary N) is 2. The highest BCUT2D eigenvalue weighted by molar-refractivity contribution is 6.02. The predicted molar refractivity (Wildman–Crippen MR) is 111 cm³/mol. The molecule has 30 heavy (non-hydrogen) atoms. The van der Waals surface area contributed by atoms with Crippen LogP contribution in [0.25, 0.3) is 0 Å². The summed E-state index contributed by atoms with van der Waals surface area (Å²) in [7, 11) is 1.32. The maximum absolute atomic E-state index is 12.7. The van der Waals surface area contributed by atoms with Crippen molar-refractivity contribution in [3.63, 3.8) is 0 Å². The third-order valence-corrected chi connectivity index (χ3v) is 4.98. The van der Waals surface area contributed by atoms with Crippen LogP contribution in [0, 0.1) is 0 Å². The number of ether oxygens (including phenoxy) is 1. The minimum Gasteiger partial charge on any atom is -0.466 e. The first-order valence-electron chi connectivity index (χ1n) is 9.78. The summed E-state index contributed by atoms with van der Waals surface area (Å²) in [5, 5.41) is 5.63. The number of allylic oxidation sites excluding steroid dienone is 1. The molecule has 0 saturated heterocycles. The van der Waals surface area contributed by atoms with Crippen LogP contribution in [0.15, 0.2) is 58.3 Å². The highest BCUT2D eigenvalue weighted by Crippen LogP contribution is 2.32. The number of hydrogen-bond acceptors (Lipinski definition) is 5. The number of amides is 3. The Labute approximate surface area is 174 Å². The number of urea groups is 1. The van der Waals surface area contributed by atoms with Gasteiger partial charge in [-0.15, -0.1) is 0 Å². The monoisotopic (exact) mass is 411 g/mol. The van der Waals surface area contributed by atoms with Gasteiger partial charge in [0.1, 0.15) is 0 Å². The Balaban J connectivity index is 1.85. The van der Waals surface area contributed by atoms with Gasteiger partial charge in [0, 0.05) is 17.9 Å². The normalized spacial score (nSPS) is 16.3. The van der Waals surface area contributed by atoms with Gasteiger partial charge in [0.05, 0.1) is 25.0 Å². The lowest BCUT2D eigenvalue weighted by atomic mass is 9.94. The molecule has 3 rings (SSSR count). The van der Waals surface area contributed by atoms with Crippen LogP contribution in [0.1, 0.15) is 48.8 Å². The van der Waals surface area contributed by atoms with Crippen LogP contribution >= 0.6 is 0 Å². The summed E-state index contributed by atoms with van der Waals surface area (Å²) in [6.45, 7) is 4.32. The number of unbranched alkanes of at least 4 members (excludes halogenated alkanes) is 1. The van der Waals surface area contributed by atoms with E-state index in [0.717, 1.165) is 12.8 Å². The van der Waals surface area contributed by atoms with E-state index >= 15 is 0 Å². The molecule has 0 aliphatic carbocycles. The Bertz CT molecular complexity index is 948. The highest BCUT2D eigenvalue weighted by Gasteiger charge is 2.35. The lowest BCUT2D eigenvalue weighted by Gasteiger charge is -2.35. The fourth-order valence-corrected chi connectivity index (χ4v) is 3.35. The number of furan rings is 1. The zero-order valence-corrected chi connectivity index (χ0v) is 17.2. The molecule has 8 nitrogen and oxygen atoms in total. The first-order chi connectivity index (χ1) is 14.5. The van der Waals surface area contributed by atoms with E-state index in [1.54, 1.807) is 48.2 Å². The number of nitrogens with zero attached hydrogens (tertiary/aromatic N) is 1. The Hall–Kier alpha value is -3.55. The summed E-state index contributed by atoms with van der Waals surface area (Å²) in [5.74, 6) is -0.650. The first kappa shape index (κ1) is 21.2. The van der Waals surface area contributed by atoms with Crippen LogP contribution in [-0.4, -0.2) is 36.5 Å². The third kappa shape index (κ3) is 4.37. The van der Waals surface area contributed by atoms with Gasteiger partial charge in [0.2, 0.25) is 0 Å². The highest BCUT2D eigenvalue weighted by atomic mass is 16.5. The van der Waals surface area contributed by atoms with E-state index in [4.69, 9.17) is 9.15 Å². The standard InChI is InChI=1S/C22H25N3O5/c1-4-5-12-25-14(2)18(21(27)29-3)19(24-22(25)28)15-8-10-16(11-9-15)23-20(26)17-7-6-13-30-17/h6-11,13,19H,4-5,12H2,1-3H3,(H,23,26)(H,24,28)/t19-/m1/s1. The molecule has 0 fully saturated rings. The zero-order chi connectivity index (χ0) is 21.7. The molecule has 158 valence electrons. The number of esters is 1. The second-order valence-corrected chi connectivity index (χ2v) is 6.93. The lowest BCUT2D eigenvalue weighted by molar-refractivity contribution is -0.136. The number of carbonyl (C=O) groups is 3. The zero-order valence-electron chi connectivity index (χ0n) is 17.2. The average molecular weight is 411 g/mol. The number of anilines is 1. The molecule has 8 heteroatoms. The van der Waals surface area contributed by atoms with E-state index in [9.17, 15) is 14.4 Å². The quantitative estimate of drug-likeness (QED) is 0.674. The van der Waals surface area contributed by atoms with Gasteiger partial charge < -0.3 is 19.8 Å². The van der Waals surface area contributed by atoms with Gasteiger partial charge in [-0.25, -0.2) is 9.59 Å². The molecule has 0 radical (unpaired) electrons. The molecule has 1 aromatic carbocycles. The molecule has 0 bridgehead atoms. The SMILES string of the molecule is CCCCN1C(=O)N[C@H](c2ccc(NC(=O)c3ccco3)cc2)C(C(=O)OC)=C1C. The fourth-order valence-electron chi connectivity index (χ4n) is 3.35. The van der Waals surface area contributed by atoms with Crippen molar-refractivity contribution in [1.29, 1.82) is 0 Å². The van der Waals surface area contributed by atoms with E-state index in [2.05, 4.69) is 10.6 Å². The van der Waals surface area contributed by atoms with E-state index < -0.39 is 12.0 Å². The molecule has 2 heterocycles. The third-order valence-electron chi connectivity index (χ3n) is 4.98. The molecule has 2 aromatic rings. The largest absolute Gasteiger partial charge is 0.466 e. The first-order valence-corrected chi connectivity index (χ1v) is 9.78. The van der Waals surface area contributed by atoms with Crippen molar-refractivity contribution < 1.29 is 23.5 Å². The van der Waals surface area contributed by atoms with Crippen molar-refractivity contribution in [1.82, 2.24) is 10.2 Å². The van der Waals surface area contributed by atoms with Crippen LogP contribution in [0.3, 0.4) is 0 Å². The maximum Gasteiger partial charge on any atom is 0.337 e. The van der Waals surface area contributed by atoms with Crippen molar-refractivity contribution in [2.24, 2.45) is 0 Å². The summed E-state index contributed by atoms with van der Waals surface area (Å²) in [6, 6.07) is 9.22. The molecule has 0 spiro atoms. The molecule has 1 aliphatic heterocycles. The minimum atomic E-state index is -0.641. The van der Waals surface area contributed by atoms with Gasteiger partial charge in [-0.1, -0.05) is 25.5 Å². The van der Waals surface area contributed by atoms with Gasteiger partial charge in [-0.05, 0) is 43.2 Å². The Kier molecular flexibility index (Phi) is 6.56. The van der Waals surface area contributed by atoms with Gasteiger partial charge in [-0.2, -0.15) is 0 Å². The molecule has 1 aromatic heterocycles. The Morgan fingerprint density at radius 3 is 2.57 bits per heavy atom. The molecular weight excluding hydrogens is 386 g/mol. The van der Waals surface area contributed by atoms with Gasteiger partial charge in [0.15, 0.2) is 5.76 Å². The summed E-state index contributed by atoms with van der Waals surface area (Å²) in [5.41, 5.74) is 2.24. The van der Waals surface area contributed by atoms with Crippen LogP contribution < -0.4 is 10.6 Å². The van der Waals surface area contributed by atoms with Crippen molar-refractivity contribution >= 4 is 23.6 Å². The number of rotatable bonds is 7. The van der Waals surface area contributed by atoms with Gasteiger partial charge in [0.25, 0.3) is 5.91 Å². The van der Waals surface area contributed by atoms with Crippen LogP contribution in [0.5, 0.6) is 0 Å². The Morgan fingerprint density at radius 1 is 1.23 bits per heavy atom. The fraction of sp³-hybridized carbons (Fsp3) is 0.318. The summed E-state index contributed by atoms with van der Waals surface area (Å²) in [4.78, 5) is 38.8. The average Bonchev–Trinajstić information content (AvgIpc) is 3.28. The second kappa shape index (κ2) is 9.30. The summed E-state index contributed by atoms with van der Waals surface area (Å²) in [6.07, 6.45) is 3.18. The van der Waals surface area contributed by atoms with Crippen LogP contribution in [0.2, 0.25) is 0 Å². The summed E-state index contributed by atoms with van der Waals surface area (Å²) >= 11 is 0. The van der Waals surface area contributed by atoms with Crippen molar-refractivity contribution in [3.8, 4) is 0 Å². The number of methoxy groups -OCH3 is 1. The molecular formula is C22H25N3O5. The van der Waals surface area contributed by atoms with E-state index in [1.165, 1.54) is 13.4 Å². The number of benzene rings is 1. The Morgan fingerprint density at radius 2 is 1.97 bits per heavy atom. The molecule has 1 atom stereocenters. The topological polar surface area (TPSA) is 101 Å². The summed E-state index contributed by atoms with van der Waals surface area (Å²) < 4.78 is 10.1. The maximum atomic E-state index is 12.7.